The van der Waals surface area contributed by atoms with Gasteiger partial charge in [-0.1, -0.05) is 6.07 Å². The lowest BCUT2D eigenvalue weighted by molar-refractivity contribution is -0.119. The van der Waals surface area contributed by atoms with Crippen LogP contribution >= 0.6 is 0 Å². The minimum atomic E-state index is -0.0504. The van der Waals surface area contributed by atoms with E-state index >= 15 is 0 Å². The maximum Gasteiger partial charge on any atom is 0.238 e. The summed E-state index contributed by atoms with van der Waals surface area (Å²) in [4.78, 5) is 33.6. The molecule has 2 aromatic heterocycles. The molecule has 0 unspecified atom stereocenters. The van der Waals surface area contributed by atoms with Crippen molar-refractivity contribution in [2.75, 3.05) is 0 Å². The fourth-order valence-electron chi connectivity index (χ4n) is 3.16. The lowest BCUT2D eigenvalue weighted by Gasteiger charge is -2.13. The number of aryl methyl sites for hydroxylation is 1. The minimum absolute atomic E-state index is 0.00514. The Bertz CT molecular complexity index is 980. The van der Waals surface area contributed by atoms with Crippen LogP contribution < -0.4 is 10.1 Å². The molecule has 1 radical (unpaired) electrons. The van der Waals surface area contributed by atoms with Crippen LogP contribution in [0, 0.1) is 0 Å². The summed E-state index contributed by atoms with van der Waals surface area (Å²) >= 11 is 0. The smallest absolute Gasteiger partial charge is 0.238 e. The first-order valence-electron chi connectivity index (χ1n) is 7.94. The molecule has 0 spiro atoms. The summed E-state index contributed by atoms with van der Waals surface area (Å²) < 4.78 is 5.80. The zero-order valence-corrected chi connectivity index (χ0v) is 13.5. The average molecular weight is 335 g/mol. The van der Waals surface area contributed by atoms with Crippen LogP contribution in [0.5, 0.6) is 11.6 Å². The molecule has 0 saturated carbocycles. The van der Waals surface area contributed by atoms with Crippen molar-refractivity contribution in [3.8, 4) is 11.6 Å². The maximum atomic E-state index is 11.3. The van der Waals surface area contributed by atoms with Crippen LogP contribution in [0.15, 0.2) is 30.6 Å². The number of hydrogen-bond acceptors (Lipinski definition) is 5. The van der Waals surface area contributed by atoms with Gasteiger partial charge in [-0.2, -0.15) is 0 Å². The monoisotopic (exact) mass is 335 g/mol. The van der Waals surface area contributed by atoms with Crippen LogP contribution in [-0.4, -0.2) is 27.1 Å². The van der Waals surface area contributed by atoms with Crippen molar-refractivity contribution in [1.29, 1.82) is 0 Å². The number of aromatic nitrogens is 3. The summed E-state index contributed by atoms with van der Waals surface area (Å²) in [5.74, 6) is 0.847. The Hall–Kier alpha value is -3.22. The van der Waals surface area contributed by atoms with Crippen molar-refractivity contribution in [3.63, 3.8) is 0 Å². The molecular formula is C18H15N4O3. The first kappa shape index (κ1) is 15.3. The lowest BCUT2D eigenvalue weighted by Crippen LogP contribution is -2.24. The van der Waals surface area contributed by atoms with Crippen LogP contribution in [0.25, 0.3) is 11.2 Å². The van der Waals surface area contributed by atoms with Gasteiger partial charge in [-0.15, -0.1) is 0 Å². The molecule has 1 aromatic carbocycles. The van der Waals surface area contributed by atoms with Crippen LogP contribution in [0.1, 0.15) is 36.1 Å². The van der Waals surface area contributed by atoms with Gasteiger partial charge in [0.15, 0.2) is 5.65 Å². The number of nitrogens with one attached hydrogen (secondary N) is 2. The number of carbonyl (C=O) groups excluding carboxylic acids is 2. The molecule has 0 aliphatic heterocycles. The van der Waals surface area contributed by atoms with Gasteiger partial charge in [0.05, 0.1) is 17.8 Å². The van der Waals surface area contributed by atoms with Crippen LogP contribution in [0.2, 0.25) is 0 Å². The van der Waals surface area contributed by atoms with Gasteiger partial charge in [0, 0.05) is 13.1 Å². The molecule has 2 heterocycles. The van der Waals surface area contributed by atoms with E-state index in [2.05, 4.69) is 20.3 Å². The Morgan fingerprint density at radius 1 is 1.44 bits per heavy atom. The average Bonchev–Trinajstić information content (AvgIpc) is 3.18. The van der Waals surface area contributed by atoms with Crippen molar-refractivity contribution >= 4 is 23.4 Å². The normalized spacial score (nSPS) is 15.8. The fraction of sp³-hybridized carbons (Fsp3) is 0.222. The van der Waals surface area contributed by atoms with Crippen molar-refractivity contribution in [2.24, 2.45) is 0 Å². The third kappa shape index (κ3) is 2.84. The molecule has 3 aromatic rings. The molecule has 0 saturated heterocycles. The molecule has 1 amide bonds. The number of benzene rings is 1. The van der Waals surface area contributed by atoms with E-state index in [1.165, 1.54) is 24.9 Å². The number of carbonyl (C=O) groups is 1. The maximum absolute atomic E-state index is 11.3. The van der Waals surface area contributed by atoms with Gasteiger partial charge in [-0.05, 0) is 36.1 Å². The first-order chi connectivity index (χ1) is 12.1. The number of nitrogens with zero attached hydrogens (tertiary/aromatic N) is 2. The molecule has 7 nitrogen and oxygen atoms in total. The largest absolute Gasteiger partial charge is 0.437 e. The molecule has 1 aliphatic rings. The fourth-order valence-corrected chi connectivity index (χ4v) is 3.16. The van der Waals surface area contributed by atoms with Crippen molar-refractivity contribution < 1.29 is 14.3 Å². The van der Waals surface area contributed by atoms with Gasteiger partial charge in [-0.25, -0.2) is 9.97 Å². The van der Waals surface area contributed by atoms with E-state index in [1.807, 2.05) is 24.5 Å². The second kappa shape index (κ2) is 6.01. The van der Waals surface area contributed by atoms with Gasteiger partial charge < -0.3 is 15.0 Å². The van der Waals surface area contributed by atoms with Crippen molar-refractivity contribution in [1.82, 2.24) is 20.3 Å². The SMILES string of the molecule is CC(=O)N[C@H]1CCc2ccc(Oc3cnc4[nH]cc([C]=O)c4n3)cc21. The summed E-state index contributed by atoms with van der Waals surface area (Å²) in [6.07, 6.45) is 6.63. The zero-order valence-electron chi connectivity index (χ0n) is 13.5. The highest BCUT2D eigenvalue weighted by Crippen LogP contribution is 2.34. The zero-order chi connectivity index (χ0) is 17.4. The topological polar surface area (TPSA) is 97.0 Å². The molecule has 7 heteroatoms. The van der Waals surface area contributed by atoms with Gasteiger partial charge in [0.1, 0.15) is 11.3 Å². The molecule has 0 fully saturated rings. The lowest BCUT2D eigenvalue weighted by atomic mass is 10.1. The summed E-state index contributed by atoms with van der Waals surface area (Å²) in [5.41, 5.74) is 3.50. The number of ether oxygens (including phenoxy) is 1. The molecule has 125 valence electrons. The van der Waals surface area contributed by atoms with Crippen molar-refractivity contribution in [2.45, 2.75) is 25.8 Å². The summed E-state index contributed by atoms with van der Waals surface area (Å²) in [6.45, 7) is 1.52. The van der Waals surface area contributed by atoms with Gasteiger partial charge in [-0.3, -0.25) is 9.59 Å². The minimum Gasteiger partial charge on any atom is -0.437 e. The van der Waals surface area contributed by atoms with E-state index in [-0.39, 0.29) is 17.8 Å². The van der Waals surface area contributed by atoms with E-state index in [0.717, 1.165) is 18.4 Å². The quantitative estimate of drug-likeness (QED) is 0.763. The number of aromatic amines is 1. The van der Waals surface area contributed by atoms with Crippen LogP contribution in [-0.2, 0) is 16.0 Å². The standard InChI is InChI=1S/C18H15N4O3/c1-10(24)21-15-5-3-11-2-4-13(6-14(11)15)25-16-8-20-18-17(22-16)12(9-23)7-19-18/h2,4,6-8,15H,3,5H2,1H3,(H,19,20)(H,21,24)/t15-/m0/s1. The molecular weight excluding hydrogens is 320 g/mol. The Morgan fingerprint density at radius 2 is 2.32 bits per heavy atom. The van der Waals surface area contributed by atoms with Crippen LogP contribution in [0.4, 0.5) is 0 Å². The Balaban J connectivity index is 1.63. The summed E-state index contributed by atoms with van der Waals surface area (Å²) in [6, 6.07) is 5.79. The highest BCUT2D eigenvalue weighted by atomic mass is 16.5. The Labute approximate surface area is 143 Å². The number of H-pyrrole nitrogens is 1. The second-order valence-corrected chi connectivity index (χ2v) is 5.96. The number of fused-ring (bicyclic) bond motifs is 2. The van der Waals surface area contributed by atoms with Gasteiger partial charge in [0.2, 0.25) is 18.1 Å². The Kier molecular flexibility index (Phi) is 3.68. The molecule has 2 N–H and O–H groups in total. The molecule has 1 aliphatic carbocycles. The highest BCUT2D eigenvalue weighted by molar-refractivity contribution is 5.93. The molecule has 25 heavy (non-hydrogen) atoms. The third-order valence-electron chi connectivity index (χ3n) is 4.26. The molecule has 0 bridgehead atoms. The van der Waals surface area contributed by atoms with Crippen molar-refractivity contribution in [3.05, 3.63) is 47.3 Å². The first-order valence-corrected chi connectivity index (χ1v) is 7.94. The van der Waals surface area contributed by atoms with Gasteiger partial charge >= 0.3 is 0 Å². The Morgan fingerprint density at radius 3 is 3.12 bits per heavy atom. The highest BCUT2D eigenvalue weighted by Gasteiger charge is 2.23. The number of rotatable bonds is 4. The summed E-state index contributed by atoms with van der Waals surface area (Å²) in [5, 5.41) is 2.96. The molecule has 4 rings (SSSR count). The van der Waals surface area contributed by atoms with Gasteiger partial charge in [0.25, 0.3) is 0 Å². The van der Waals surface area contributed by atoms with E-state index in [0.29, 0.717) is 22.5 Å². The third-order valence-corrected chi connectivity index (χ3v) is 4.26. The van der Waals surface area contributed by atoms with E-state index in [1.54, 1.807) is 0 Å². The predicted octanol–water partition coefficient (Wildman–Crippen LogP) is 2.33. The van der Waals surface area contributed by atoms with E-state index in [9.17, 15) is 9.59 Å². The van der Waals surface area contributed by atoms with Crippen LogP contribution in [0.3, 0.4) is 0 Å². The second-order valence-electron chi connectivity index (χ2n) is 5.96. The van der Waals surface area contributed by atoms with E-state index < -0.39 is 0 Å². The molecule has 1 atom stereocenters. The van der Waals surface area contributed by atoms with E-state index in [4.69, 9.17) is 4.74 Å². The number of hydrogen-bond donors (Lipinski definition) is 2. The summed E-state index contributed by atoms with van der Waals surface area (Å²) in [7, 11) is 0. The predicted molar refractivity (Wildman–Crippen MR) is 90.1 cm³/mol. The number of amides is 1.